The maximum Gasteiger partial charge on any atom is 0.0647 e. The van der Waals surface area contributed by atoms with Gasteiger partial charge in [0.25, 0.3) is 0 Å². The van der Waals surface area contributed by atoms with E-state index in [1.54, 1.807) is 0 Å². The lowest BCUT2D eigenvalue weighted by molar-refractivity contribution is 0.608. The summed E-state index contributed by atoms with van der Waals surface area (Å²) in [5.41, 5.74) is 4.63. The zero-order valence-electron chi connectivity index (χ0n) is 12.3. The summed E-state index contributed by atoms with van der Waals surface area (Å²) in [6.45, 7) is 15.3. The van der Waals surface area contributed by atoms with Gasteiger partial charge in [0.05, 0.1) is 22.8 Å². The van der Waals surface area contributed by atoms with Crippen LogP contribution in [0.1, 0.15) is 76.2 Å². The van der Waals surface area contributed by atoms with Gasteiger partial charge >= 0.3 is 0 Å². The molecule has 0 N–H and O–H groups in total. The van der Waals surface area contributed by atoms with E-state index in [0.717, 1.165) is 17.8 Å². The second kappa shape index (κ2) is 5.61. The van der Waals surface area contributed by atoms with Gasteiger partial charge in [-0.1, -0.05) is 41.5 Å². The van der Waals surface area contributed by atoms with Gasteiger partial charge in [-0.05, 0) is 31.1 Å². The average molecular weight is 234 g/mol. The van der Waals surface area contributed by atoms with Crippen LogP contribution in [0.25, 0.3) is 0 Å². The van der Waals surface area contributed by atoms with Crippen molar-refractivity contribution in [3.05, 3.63) is 22.8 Å². The Balaban J connectivity index is 3.26. The Kier molecular flexibility index (Phi) is 4.67. The molecule has 0 aromatic carbocycles. The Labute approximate surface area is 106 Å². The first kappa shape index (κ1) is 14.1. The summed E-state index contributed by atoms with van der Waals surface area (Å²) in [4.78, 5) is 9.66. The number of rotatable bonds is 4. The Hall–Kier alpha value is -0.920. The number of aromatic nitrogens is 2. The molecule has 0 unspecified atom stereocenters. The van der Waals surface area contributed by atoms with E-state index in [1.807, 2.05) is 0 Å². The van der Waals surface area contributed by atoms with E-state index in [2.05, 4.69) is 48.5 Å². The van der Waals surface area contributed by atoms with E-state index in [1.165, 1.54) is 11.4 Å². The molecule has 1 aromatic rings. The second-order valence-electron chi connectivity index (χ2n) is 5.93. The summed E-state index contributed by atoms with van der Waals surface area (Å²) in [6, 6.07) is 0. The summed E-state index contributed by atoms with van der Waals surface area (Å²) in [6.07, 6.45) is 1.03. The molecule has 0 spiro atoms. The SMILES string of the molecule is Cc1nc(C(C)C)c(CC(C)C)nc1C(C)C. The van der Waals surface area contributed by atoms with Gasteiger partial charge in [0, 0.05) is 0 Å². The minimum Gasteiger partial charge on any atom is -0.254 e. The van der Waals surface area contributed by atoms with Crippen molar-refractivity contribution in [2.24, 2.45) is 5.92 Å². The summed E-state index contributed by atoms with van der Waals surface area (Å²) >= 11 is 0. The predicted octanol–water partition coefficient (Wildman–Crippen LogP) is 4.23. The zero-order valence-corrected chi connectivity index (χ0v) is 12.3. The third kappa shape index (κ3) is 3.52. The molecule has 1 rings (SSSR count). The molecule has 96 valence electrons. The van der Waals surface area contributed by atoms with Gasteiger partial charge in [-0.2, -0.15) is 0 Å². The van der Waals surface area contributed by atoms with Crippen LogP contribution in [0.2, 0.25) is 0 Å². The fourth-order valence-corrected chi connectivity index (χ4v) is 2.13. The van der Waals surface area contributed by atoms with Crippen molar-refractivity contribution < 1.29 is 0 Å². The standard InChI is InChI=1S/C15H26N2/c1-9(2)8-13-15(11(5)6)16-12(7)14(17-13)10(3)4/h9-11H,8H2,1-7H3. The van der Waals surface area contributed by atoms with E-state index >= 15 is 0 Å². The highest BCUT2D eigenvalue weighted by Gasteiger charge is 2.16. The number of hydrogen-bond acceptors (Lipinski definition) is 2. The summed E-state index contributed by atoms with van der Waals surface area (Å²) in [5, 5.41) is 0. The smallest absolute Gasteiger partial charge is 0.0647 e. The molecule has 0 fully saturated rings. The van der Waals surface area contributed by atoms with Crippen LogP contribution in [0.5, 0.6) is 0 Å². The van der Waals surface area contributed by atoms with Crippen molar-refractivity contribution >= 4 is 0 Å². The fraction of sp³-hybridized carbons (Fsp3) is 0.733. The van der Waals surface area contributed by atoms with Crippen molar-refractivity contribution in [3.8, 4) is 0 Å². The molecule has 2 nitrogen and oxygen atoms in total. The lowest BCUT2D eigenvalue weighted by Crippen LogP contribution is -2.12. The summed E-state index contributed by atoms with van der Waals surface area (Å²) < 4.78 is 0. The van der Waals surface area contributed by atoms with Crippen LogP contribution < -0.4 is 0 Å². The van der Waals surface area contributed by atoms with Crippen LogP contribution in [0.4, 0.5) is 0 Å². The van der Waals surface area contributed by atoms with E-state index in [0.29, 0.717) is 17.8 Å². The maximum absolute atomic E-state index is 4.87. The van der Waals surface area contributed by atoms with Crippen molar-refractivity contribution in [1.82, 2.24) is 9.97 Å². The highest BCUT2D eigenvalue weighted by Crippen LogP contribution is 2.23. The van der Waals surface area contributed by atoms with E-state index in [4.69, 9.17) is 9.97 Å². The molecular formula is C15H26N2. The van der Waals surface area contributed by atoms with E-state index < -0.39 is 0 Å². The van der Waals surface area contributed by atoms with E-state index in [9.17, 15) is 0 Å². The quantitative estimate of drug-likeness (QED) is 0.779. The van der Waals surface area contributed by atoms with Crippen molar-refractivity contribution in [2.45, 2.75) is 66.7 Å². The number of nitrogens with zero attached hydrogens (tertiary/aromatic N) is 2. The third-order valence-corrected chi connectivity index (χ3v) is 2.91. The largest absolute Gasteiger partial charge is 0.254 e. The maximum atomic E-state index is 4.87. The normalized spacial score (nSPS) is 11.9. The first-order valence-electron chi connectivity index (χ1n) is 6.70. The Morgan fingerprint density at radius 3 is 1.76 bits per heavy atom. The summed E-state index contributed by atoms with van der Waals surface area (Å²) in [7, 11) is 0. The first-order chi connectivity index (χ1) is 7.82. The van der Waals surface area contributed by atoms with Crippen LogP contribution >= 0.6 is 0 Å². The van der Waals surface area contributed by atoms with Crippen LogP contribution in [-0.4, -0.2) is 9.97 Å². The Morgan fingerprint density at radius 2 is 1.35 bits per heavy atom. The fourth-order valence-electron chi connectivity index (χ4n) is 2.13. The molecule has 17 heavy (non-hydrogen) atoms. The van der Waals surface area contributed by atoms with E-state index in [-0.39, 0.29) is 0 Å². The lowest BCUT2D eigenvalue weighted by atomic mass is 9.99. The first-order valence-corrected chi connectivity index (χ1v) is 6.70. The highest BCUT2D eigenvalue weighted by molar-refractivity contribution is 5.24. The van der Waals surface area contributed by atoms with Crippen molar-refractivity contribution in [3.63, 3.8) is 0 Å². The van der Waals surface area contributed by atoms with Crippen molar-refractivity contribution in [2.75, 3.05) is 0 Å². The van der Waals surface area contributed by atoms with Crippen LogP contribution in [-0.2, 0) is 6.42 Å². The molecule has 0 saturated heterocycles. The van der Waals surface area contributed by atoms with Gasteiger partial charge in [0.1, 0.15) is 0 Å². The van der Waals surface area contributed by atoms with Gasteiger partial charge in [-0.15, -0.1) is 0 Å². The molecule has 2 heteroatoms. The van der Waals surface area contributed by atoms with Gasteiger partial charge in [0.2, 0.25) is 0 Å². The second-order valence-corrected chi connectivity index (χ2v) is 5.93. The molecule has 0 saturated carbocycles. The van der Waals surface area contributed by atoms with Gasteiger partial charge in [-0.25, -0.2) is 0 Å². The monoisotopic (exact) mass is 234 g/mol. The average Bonchev–Trinajstić information content (AvgIpc) is 2.18. The zero-order chi connectivity index (χ0) is 13.2. The summed E-state index contributed by atoms with van der Waals surface area (Å²) in [5.74, 6) is 1.54. The Morgan fingerprint density at radius 1 is 0.824 bits per heavy atom. The predicted molar refractivity (Wildman–Crippen MR) is 73.5 cm³/mol. The van der Waals surface area contributed by atoms with Crippen LogP contribution in [0.3, 0.4) is 0 Å². The molecule has 0 aliphatic rings. The molecule has 0 aliphatic heterocycles. The number of hydrogen-bond donors (Lipinski definition) is 0. The van der Waals surface area contributed by atoms with Gasteiger partial charge < -0.3 is 0 Å². The highest BCUT2D eigenvalue weighted by atomic mass is 14.9. The molecular weight excluding hydrogens is 208 g/mol. The van der Waals surface area contributed by atoms with Crippen LogP contribution in [0, 0.1) is 12.8 Å². The molecule has 1 aromatic heterocycles. The van der Waals surface area contributed by atoms with Gasteiger partial charge in [0.15, 0.2) is 0 Å². The minimum atomic E-state index is 0.453. The Bertz CT molecular complexity index is 379. The minimum absolute atomic E-state index is 0.453. The molecule has 0 amide bonds. The van der Waals surface area contributed by atoms with Crippen LogP contribution in [0.15, 0.2) is 0 Å². The molecule has 0 radical (unpaired) electrons. The molecule has 0 bridgehead atoms. The topological polar surface area (TPSA) is 25.8 Å². The number of aryl methyl sites for hydroxylation is 1. The van der Waals surface area contributed by atoms with Crippen molar-refractivity contribution in [1.29, 1.82) is 0 Å². The molecule has 0 aliphatic carbocycles. The van der Waals surface area contributed by atoms with Gasteiger partial charge in [-0.3, -0.25) is 9.97 Å². The molecule has 0 atom stereocenters. The molecule has 1 heterocycles. The third-order valence-electron chi connectivity index (χ3n) is 2.91. The lowest BCUT2D eigenvalue weighted by Gasteiger charge is -2.17.